The summed E-state index contributed by atoms with van der Waals surface area (Å²) >= 11 is 0. The molecule has 0 aromatic carbocycles. The van der Waals surface area contributed by atoms with Gasteiger partial charge in [-0.15, -0.1) is 10.2 Å². The topological polar surface area (TPSA) is 103 Å². The molecule has 0 amide bonds. The van der Waals surface area contributed by atoms with Crippen LogP contribution in [-0.2, 0) is 0 Å². The number of nitrogens with one attached hydrogen (secondary N) is 4. The van der Waals surface area contributed by atoms with Crippen LogP contribution in [0.15, 0.2) is 10.2 Å². The van der Waals surface area contributed by atoms with Crippen molar-refractivity contribution < 1.29 is 0 Å². The van der Waals surface area contributed by atoms with Crippen LogP contribution >= 0.6 is 0 Å². The predicted molar refractivity (Wildman–Crippen MR) is 69.2 cm³/mol. The second kappa shape index (κ2) is 6.41. The summed E-state index contributed by atoms with van der Waals surface area (Å²) in [6, 6.07) is 0. The highest BCUT2D eigenvalue weighted by atomic mass is 15.4. The summed E-state index contributed by atoms with van der Waals surface area (Å²) in [6.45, 7) is 6.58. The number of hydrogen-bond donors (Lipinski definition) is 4. The minimum atomic E-state index is 0.149. The third kappa shape index (κ3) is 3.47. The van der Waals surface area contributed by atoms with Crippen molar-refractivity contribution in [3.63, 3.8) is 0 Å². The van der Waals surface area contributed by atoms with E-state index in [0.29, 0.717) is 0 Å². The third-order valence-corrected chi connectivity index (χ3v) is 3.07. The molecule has 0 aromatic heterocycles. The molecular weight excluding hydrogens is 232 g/mol. The highest BCUT2D eigenvalue weighted by Crippen LogP contribution is 1.99. The zero-order valence-electron chi connectivity index (χ0n) is 10.4. The predicted octanol–water partition coefficient (Wildman–Crippen LogP) is -0.881. The summed E-state index contributed by atoms with van der Waals surface area (Å²) in [5, 5.41) is 29.7. The maximum Gasteiger partial charge on any atom is 0.238 e. The lowest BCUT2D eigenvalue weighted by atomic mass is 10.4. The third-order valence-electron chi connectivity index (χ3n) is 3.07. The van der Waals surface area contributed by atoms with Crippen LogP contribution in [0.5, 0.6) is 0 Å². The number of nitrogens with zero attached hydrogens (tertiary/aromatic N) is 4. The van der Waals surface area contributed by atoms with Gasteiger partial charge in [0.25, 0.3) is 0 Å². The van der Waals surface area contributed by atoms with E-state index < -0.39 is 0 Å². The zero-order valence-corrected chi connectivity index (χ0v) is 10.4. The van der Waals surface area contributed by atoms with Gasteiger partial charge in [0.2, 0.25) is 11.9 Å². The molecule has 2 aliphatic heterocycles. The Balaban J connectivity index is 1.81. The van der Waals surface area contributed by atoms with Crippen molar-refractivity contribution in [1.29, 1.82) is 10.8 Å². The SMILES string of the molecule is N=C(/N=N\C(=N)N1CCNCC1)N1CCNCC1. The van der Waals surface area contributed by atoms with Gasteiger partial charge in [0, 0.05) is 52.4 Å². The van der Waals surface area contributed by atoms with Gasteiger partial charge in [-0.2, -0.15) is 0 Å². The molecule has 2 saturated heterocycles. The zero-order chi connectivity index (χ0) is 12.8. The largest absolute Gasteiger partial charge is 0.337 e. The van der Waals surface area contributed by atoms with E-state index in [9.17, 15) is 0 Å². The maximum absolute atomic E-state index is 7.80. The van der Waals surface area contributed by atoms with Gasteiger partial charge in [0.05, 0.1) is 0 Å². The Hall–Kier alpha value is -1.54. The van der Waals surface area contributed by atoms with E-state index in [1.807, 2.05) is 9.80 Å². The molecule has 0 bridgehead atoms. The fourth-order valence-corrected chi connectivity index (χ4v) is 1.97. The molecule has 0 unspecified atom stereocenters. The molecule has 2 heterocycles. The molecule has 0 atom stereocenters. The minimum absolute atomic E-state index is 0.149. The van der Waals surface area contributed by atoms with Gasteiger partial charge in [0.15, 0.2) is 0 Å². The Morgan fingerprint density at radius 1 is 0.722 bits per heavy atom. The molecule has 100 valence electrons. The maximum atomic E-state index is 7.80. The fraction of sp³-hybridized carbons (Fsp3) is 0.800. The van der Waals surface area contributed by atoms with E-state index in [-0.39, 0.29) is 11.9 Å². The summed E-state index contributed by atoms with van der Waals surface area (Å²) in [5.74, 6) is 0.299. The fourth-order valence-electron chi connectivity index (χ4n) is 1.97. The number of azo groups is 1. The summed E-state index contributed by atoms with van der Waals surface area (Å²) in [4.78, 5) is 3.73. The van der Waals surface area contributed by atoms with Crippen molar-refractivity contribution in [2.45, 2.75) is 0 Å². The second-order valence-electron chi connectivity index (χ2n) is 4.32. The highest BCUT2D eigenvalue weighted by Gasteiger charge is 2.15. The van der Waals surface area contributed by atoms with Crippen molar-refractivity contribution in [3.05, 3.63) is 0 Å². The lowest BCUT2D eigenvalue weighted by molar-refractivity contribution is 0.346. The number of rotatable bonds is 0. The van der Waals surface area contributed by atoms with Gasteiger partial charge in [-0.3, -0.25) is 10.8 Å². The summed E-state index contributed by atoms with van der Waals surface area (Å²) < 4.78 is 0. The molecule has 2 aliphatic rings. The lowest BCUT2D eigenvalue weighted by Crippen LogP contribution is -2.46. The highest BCUT2D eigenvalue weighted by molar-refractivity contribution is 5.82. The molecule has 0 radical (unpaired) electrons. The molecule has 0 aliphatic carbocycles. The van der Waals surface area contributed by atoms with Gasteiger partial charge >= 0.3 is 0 Å². The first kappa shape index (κ1) is 12.9. The number of hydrogen-bond acceptors (Lipinski definition) is 4. The molecule has 8 heteroatoms. The van der Waals surface area contributed by atoms with Crippen molar-refractivity contribution in [3.8, 4) is 0 Å². The molecule has 4 N–H and O–H groups in total. The molecule has 18 heavy (non-hydrogen) atoms. The molecule has 0 aromatic rings. The quantitative estimate of drug-likeness (QED) is 0.255. The van der Waals surface area contributed by atoms with Crippen molar-refractivity contribution in [2.75, 3.05) is 52.4 Å². The number of piperazine rings is 2. The van der Waals surface area contributed by atoms with E-state index in [0.717, 1.165) is 52.4 Å². The first-order chi connectivity index (χ1) is 8.77. The molecule has 0 spiro atoms. The second-order valence-corrected chi connectivity index (χ2v) is 4.32. The molecule has 2 fully saturated rings. The molecule has 0 saturated carbocycles. The summed E-state index contributed by atoms with van der Waals surface area (Å²) in [7, 11) is 0. The summed E-state index contributed by atoms with van der Waals surface area (Å²) in [5.41, 5.74) is 0. The average molecular weight is 252 g/mol. The van der Waals surface area contributed by atoms with Crippen LogP contribution in [0, 0.1) is 10.8 Å². The smallest absolute Gasteiger partial charge is 0.238 e. The molecule has 8 nitrogen and oxygen atoms in total. The van der Waals surface area contributed by atoms with E-state index in [4.69, 9.17) is 10.8 Å². The van der Waals surface area contributed by atoms with E-state index in [1.54, 1.807) is 0 Å². The van der Waals surface area contributed by atoms with Crippen LogP contribution < -0.4 is 10.6 Å². The van der Waals surface area contributed by atoms with Gasteiger partial charge in [-0.25, -0.2) is 0 Å². The summed E-state index contributed by atoms with van der Waals surface area (Å²) in [6.07, 6.45) is 0. The normalized spacial score (nSPS) is 21.3. The standard InChI is InChI=1S/C10H20N8/c11-9(17-5-1-13-2-6-17)15-16-10(12)18-7-3-14-4-8-18/h11-14H,1-8H2/b11-9?,12-10?,16-15-. The minimum Gasteiger partial charge on any atom is -0.337 e. The van der Waals surface area contributed by atoms with Crippen LogP contribution in [-0.4, -0.2) is 74.1 Å². The van der Waals surface area contributed by atoms with Gasteiger partial charge < -0.3 is 20.4 Å². The van der Waals surface area contributed by atoms with Crippen molar-refractivity contribution in [2.24, 2.45) is 10.2 Å². The Bertz CT molecular complexity index is 295. The van der Waals surface area contributed by atoms with Crippen molar-refractivity contribution in [1.82, 2.24) is 20.4 Å². The van der Waals surface area contributed by atoms with E-state index in [2.05, 4.69) is 20.9 Å². The van der Waals surface area contributed by atoms with Gasteiger partial charge in [0.1, 0.15) is 0 Å². The lowest BCUT2D eigenvalue weighted by Gasteiger charge is -2.28. The van der Waals surface area contributed by atoms with Crippen LogP contribution in [0.4, 0.5) is 0 Å². The van der Waals surface area contributed by atoms with Crippen LogP contribution in [0.3, 0.4) is 0 Å². The number of guanidine groups is 2. The Morgan fingerprint density at radius 2 is 1.06 bits per heavy atom. The van der Waals surface area contributed by atoms with E-state index in [1.165, 1.54) is 0 Å². The molecular formula is C10H20N8. The van der Waals surface area contributed by atoms with Crippen LogP contribution in [0.2, 0.25) is 0 Å². The Morgan fingerprint density at radius 3 is 1.39 bits per heavy atom. The van der Waals surface area contributed by atoms with Crippen molar-refractivity contribution >= 4 is 11.9 Å². The average Bonchev–Trinajstić information content (AvgIpc) is 2.46. The van der Waals surface area contributed by atoms with E-state index >= 15 is 0 Å². The molecule has 2 rings (SSSR count). The van der Waals surface area contributed by atoms with Crippen LogP contribution in [0.25, 0.3) is 0 Å². The monoisotopic (exact) mass is 252 g/mol. The van der Waals surface area contributed by atoms with Gasteiger partial charge in [-0.1, -0.05) is 0 Å². The first-order valence-corrected chi connectivity index (χ1v) is 6.27. The van der Waals surface area contributed by atoms with Crippen LogP contribution in [0.1, 0.15) is 0 Å². The Labute approximate surface area is 106 Å². The first-order valence-electron chi connectivity index (χ1n) is 6.27. The Kier molecular flexibility index (Phi) is 4.59. The van der Waals surface area contributed by atoms with Gasteiger partial charge in [-0.05, 0) is 0 Å².